The number of nitrogens with two attached hydrogens (primary N) is 1. The predicted molar refractivity (Wildman–Crippen MR) is 145 cm³/mol. The second-order valence-corrected chi connectivity index (χ2v) is 10.7. The fourth-order valence-corrected chi connectivity index (χ4v) is 8.07. The van der Waals surface area contributed by atoms with Crippen molar-refractivity contribution in [2.24, 2.45) is 10.7 Å². The summed E-state index contributed by atoms with van der Waals surface area (Å²) < 4.78 is 0. The summed E-state index contributed by atoms with van der Waals surface area (Å²) in [6, 6.07) is 30.4. The molecule has 0 aliphatic heterocycles. The van der Waals surface area contributed by atoms with E-state index < -0.39 is 7.53 Å². The number of nitrogens with zero attached hydrogens (tertiary/aromatic N) is 1. The molecule has 0 saturated heterocycles. The molecule has 5 aromatic rings. The van der Waals surface area contributed by atoms with E-state index >= 15 is 0 Å². The lowest BCUT2D eigenvalue weighted by molar-refractivity contribution is 1.42. The summed E-state index contributed by atoms with van der Waals surface area (Å²) in [6.07, 6.45) is 7.47. The molecule has 2 nitrogen and oxygen atoms in total. The molecule has 2 aliphatic carbocycles. The highest BCUT2D eigenvalue weighted by Crippen LogP contribution is 2.56. The van der Waals surface area contributed by atoms with Crippen LogP contribution >= 0.6 is 7.53 Å². The highest BCUT2D eigenvalue weighted by molar-refractivity contribution is 7.72. The van der Waals surface area contributed by atoms with Crippen molar-refractivity contribution in [2.75, 3.05) is 0 Å². The fourth-order valence-electron chi connectivity index (χ4n) is 5.32. The smallest absolute Gasteiger partial charge is 0.0947 e. The van der Waals surface area contributed by atoms with Gasteiger partial charge in [-0.05, 0) is 22.2 Å². The predicted octanol–water partition coefficient (Wildman–Crippen LogP) is 8.17. The Morgan fingerprint density at radius 3 is 2.12 bits per heavy atom. The van der Waals surface area contributed by atoms with Crippen LogP contribution in [0.4, 0.5) is 0 Å². The van der Waals surface area contributed by atoms with Crippen molar-refractivity contribution in [3.05, 3.63) is 114 Å². The van der Waals surface area contributed by atoms with Gasteiger partial charge in [-0.25, -0.2) is 4.99 Å². The summed E-state index contributed by atoms with van der Waals surface area (Å²) >= 11 is 0. The van der Waals surface area contributed by atoms with E-state index in [1.54, 1.807) is 0 Å². The highest BCUT2D eigenvalue weighted by atomic mass is 31.1. The first kappa shape index (κ1) is 18.7. The normalized spacial score (nSPS) is 16.5. The number of hydrogen-bond donors (Lipinski definition) is 1. The third kappa shape index (κ3) is 2.65. The number of hydrogen-bond acceptors (Lipinski definition) is 2. The van der Waals surface area contributed by atoms with Gasteiger partial charge < -0.3 is 5.73 Å². The van der Waals surface area contributed by atoms with Crippen molar-refractivity contribution in [3.8, 4) is 0 Å². The summed E-state index contributed by atoms with van der Waals surface area (Å²) in [5.74, 6) is 0. The molecule has 3 heteroatoms. The van der Waals surface area contributed by atoms with Crippen molar-refractivity contribution in [1.82, 2.24) is 0 Å². The zero-order chi connectivity index (χ0) is 21.9. The van der Waals surface area contributed by atoms with Gasteiger partial charge >= 0.3 is 0 Å². The van der Waals surface area contributed by atoms with Crippen LogP contribution in [0.25, 0.3) is 48.5 Å². The molecule has 0 spiro atoms. The molecule has 2 N–H and O–H groups in total. The Bertz CT molecular complexity index is 1690. The van der Waals surface area contributed by atoms with Crippen molar-refractivity contribution >= 4 is 61.7 Å². The molecule has 0 unspecified atom stereocenters. The molecule has 0 atom stereocenters. The third-order valence-electron chi connectivity index (χ3n) is 6.77. The minimum atomic E-state index is -0.656. The van der Waals surface area contributed by atoms with Crippen LogP contribution in [0.1, 0.15) is 17.5 Å². The molecule has 0 amide bonds. The van der Waals surface area contributed by atoms with Crippen LogP contribution in [-0.2, 0) is 0 Å². The lowest BCUT2D eigenvalue weighted by Gasteiger charge is -2.15. The number of fused-ring (bicyclic) bond motifs is 3. The Hall–Kier alpha value is -3.87. The summed E-state index contributed by atoms with van der Waals surface area (Å²) in [6.45, 7) is 0. The van der Waals surface area contributed by atoms with Gasteiger partial charge in [0.1, 0.15) is 0 Å². The second-order valence-electron chi connectivity index (χ2n) is 8.58. The van der Waals surface area contributed by atoms with E-state index in [9.17, 15) is 0 Å². The molecule has 0 bridgehead atoms. The van der Waals surface area contributed by atoms with Crippen molar-refractivity contribution in [2.45, 2.75) is 6.42 Å². The zero-order valence-electron chi connectivity index (χ0n) is 18.0. The van der Waals surface area contributed by atoms with Crippen LogP contribution in [-0.4, -0.2) is 5.71 Å². The van der Waals surface area contributed by atoms with Crippen LogP contribution in [0.15, 0.2) is 108 Å². The molecule has 4 aromatic carbocycles. The molecule has 0 radical (unpaired) electrons. The number of rotatable bonds is 2. The lowest BCUT2D eigenvalue weighted by Crippen LogP contribution is -2.02. The van der Waals surface area contributed by atoms with E-state index in [-0.39, 0.29) is 0 Å². The van der Waals surface area contributed by atoms with Crippen LogP contribution in [0.2, 0.25) is 0 Å². The summed E-state index contributed by atoms with van der Waals surface area (Å²) in [7, 11) is -0.656. The fraction of sp³-hybridized carbons (Fsp3) is 0.0333. The maximum absolute atomic E-state index is 6.69. The van der Waals surface area contributed by atoms with Gasteiger partial charge in [0.25, 0.3) is 0 Å². The summed E-state index contributed by atoms with van der Waals surface area (Å²) in [5, 5.41) is 9.30. The monoisotopic (exact) mass is 440 g/mol. The Kier molecular flexibility index (Phi) is 4.00. The Morgan fingerprint density at radius 1 is 0.727 bits per heavy atom. The Morgan fingerprint density at radius 2 is 1.39 bits per heavy atom. The molecule has 1 heterocycles. The van der Waals surface area contributed by atoms with Gasteiger partial charge in [-0.2, -0.15) is 0 Å². The number of benzene rings is 4. The van der Waals surface area contributed by atoms with Crippen molar-refractivity contribution in [3.63, 3.8) is 0 Å². The van der Waals surface area contributed by atoms with Gasteiger partial charge in [0.15, 0.2) is 0 Å². The molecule has 2 aliphatic rings. The zero-order valence-corrected chi connectivity index (χ0v) is 18.9. The minimum Gasteiger partial charge on any atom is -0.396 e. The summed E-state index contributed by atoms with van der Waals surface area (Å²) in [5.41, 5.74) is 11.7. The molecule has 7 rings (SSSR count). The van der Waals surface area contributed by atoms with E-state index in [2.05, 4.69) is 103 Å². The topological polar surface area (TPSA) is 38.4 Å². The van der Waals surface area contributed by atoms with Crippen LogP contribution in [0.3, 0.4) is 0 Å². The van der Waals surface area contributed by atoms with Gasteiger partial charge in [0.2, 0.25) is 0 Å². The molecular weight excluding hydrogens is 419 g/mol. The van der Waals surface area contributed by atoms with Crippen LogP contribution < -0.4 is 5.73 Å². The average Bonchev–Trinajstić information content (AvgIpc) is 3.34. The molecule has 33 heavy (non-hydrogen) atoms. The van der Waals surface area contributed by atoms with E-state index in [0.717, 1.165) is 34.7 Å². The molecule has 156 valence electrons. The first-order valence-corrected chi connectivity index (χ1v) is 12.6. The van der Waals surface area contributed by atoms with Gasteiger partial charge in [0, 0.05) is 38.5 Å². The van der Waals surface area contributed by atoms with Crippen molar-refractivity contribution < 1.29 is 0 Å². The second kappa shape index (κ2) is 7.07. The molecule has 0 saturated carbocycles. The molecular formula is C30H21N2P. The first-order chi connectivity index (χ1) is 16.3. The highest BCUT2D eigenvalue weighted by Gasteiger charge is 2.24. The third-order valence-corrected chi connectivity index (χ3v) is 9.40. The van der Waals surface area contributed by atoms with Gasteiger partial charge in [0.05, 0.1) is 17.1 Å². The van der Waals surface area contributed by atoms with E-state index in [4.69, 9.17) is 10.7 Å². The van der Waals surface area contributed by atoms with Gasteiger partial charge in [-0.15, -0.1) is 0 Å². The Labute approximate surface area is 193 Å². The van der Waals surface area contributed by atoms with Crippen LogP contribution in [0, 0.1) is 0 Å². The lowest BCUT2D eigenvalue weighted by atomic mass is 10.0. The van der Waals surface area contributed by atoms with Gasteiger partial charge in [-0.1, -0.05) is 105 Å². The quantitative estimate of drug-likeness (QED) is 0.295. The Balaban J connectivity index is 1.47. The van der Waals surface area contributed by atoms with Gasteiger partial charge in [-0.3, -0.25) is 0 Å². The minimum absolute atomic E-state index is 0.656. The maximum atomic E-state index is 6.69. The SMILES string of the molecule is NC1=C(N=C2CC=CC=C2p2c3ccccc3c3ccccc32)c2cccc3cccc1c23. The maximum Gasteiger partial charge on any atom is 0.0947 e. The van der Waals surface area contributed by atoms with E-state index in [1.807, 2.05) is 0 Å². The summed E-state index contributed by atoms with van der Waals surface area (Å²) in [4.78, 5) is 5.30. The van der Waals surface area contributed by atoms with E-state index in [0.29, 0.717) is 0 Å². The average molecular weight is 440 g/mol. The molecule has 1 aromatic heterocycles. The first-order valence-electron chi connectivity index (χ1n) is 11.3. The number of allylic oxidation sites excluding steroid dienone is 4. The van der Waals surface area contributed by atoms with Crippen LogP contribution in [0.5, 0.6) is 0 Å². The standard InChI is InChI=1S/C30H21N2P/c31-29-22-13-7-9-19-10-8-14-23(28(19)22)30(29)32-24-15-3-6-18-27(24)33-25-16-4-1-11-20(25)21-12-2-5-17-26(21)33/h1-14,16-18H,15,31H2. The number of aliphatic imine (C=N–C) groups is 1. The van der Waals surface area contributed by atoms with E-state index in [1.165, 1.54) is 37.1 Å². The molecule has 0 fully saturated rings. The largest absolute Gasteiger partial charge is 0.396 e. The van der Waals surface area contributed by atoms with Crippen molar-refractivity contribution in [1.29, 1.82) is 0 Å².